The van der Waals surface area contributed by atoms with Gasteiger partial charge in [-0.25, -0.2) is 0 Å². The van der Waals surface area contributed by atoms with Gasteiger partial charge in [-0.15, -0.1) is 0 Å². The van der Waals surface area contributed by atoms with Gasteiger partial charge < -0.3 is 20.3 Å². The van der Waals surface area contributed by atoms with Gasteiger partial charge >= 0.3 is 5.97 Å². The fraction of sp³-hybridized carbons (Fsp3) is 0.882. The van der Waals surface area contributed by atoms with E-state index in [1.165, 1.54) is 161 Å². The smallest absolute Gasteiger partial charge is 0.305 e. The van der Waals surface area contributed by atoms with Crippen LogP contribution in [0.25, 0.3) is 0 Å². The Balaban J connectivity index is 3.49. The second kappa shape index (κ2) is 47.0. The van der Waals surface area contributed by atoms with Crippen LogP contribution in [0.3, 0.4) is 0 Å². The van der Waals surface area contributed by atoms with E-state index in [2.05, 4.69) is 43.5 Å². The van der Waals surface area contributed by atoms with E-state index in [1.54, 1.807) is 0 Å². The molecule has 6 nitrogen and oxygen atoms in total. The van der Waals surface area contributed by atoms with Crippen LogP contribution >= 0.6 is 0 Å². The minimum Gasteiger partial charge on any atom is -0.466 e. The van der Waals surface area contributed by atoms with Crippen LogP contribution in [0.5, 0.6) is 0 Å². The highest BCUT2D eigenvalue weighted by molar-refractivity contribution is 5.76. The van der Waals surface area contributed by atoms with Crippen molar-refractivity contribution < 1.29 is 24.5 Å². The van der Waals surface area contributed by atoms with Crippen LogP contribution in [0.15, 0.2) is 24.3 Å². The number of allylic oxidation sites excluding steroid dienone is 4. The van der Waals surface area contributed by atoms with Crippen molar-refractivity contribution in [2.45, 2.75) is 276 Å². The molecule has 0 saturated heterocycles. The highest BCUT2D eigenvalue weighted by atomic mass is 16.5. The van der Waals surface area contributed by atoms with Crippen molar-refractivity contribution in [2.75, 3.05) is 13.2 Å². The van der Waals surface area contributed by atoms with Crippen molar-refractivity contribution in [1.82, 2.24) is 5.32 Å². The quantitative estimate of drug-likeness (QED) is 0.0324. The maximum absolute atomic E-state index is 12.4. The third-order valence-electron chi connectivity index (χ3n) is 11.5. The van der Waals surface area contributed by atoms with Crippen molar-refractivity contribution in [1.29, 1.82) is 0 Å². The van der Waals surface area contributed by atoms with Crippen LogP contribution in [0.4, 0.5) is 0 Å². The van der Waals surface area contributed by atoms with Gasteiger partial charge in [-0.2, -0.15) is 0 Å². The number of aliphatic hydroxyl groups is 2. The maximum atomic E-state index is 12.4. The zero-order chi connectivity index (χ0) is 41.5. The summed E-state index contributed by atoms with van der Waals surface area (Å²) < 4.78 is 5.45. The van der Waals surface area contributed by atoms with Gasteiger partial charge in [0.1, 0.15) is 0 Å². The van der Waals surface area contributed by atoms with Crippen LogP contribution < -0.4 is 5.32 Å². The van der Waals surface area contributed by atoms with Gasteiger partial charge in [0.05, 0.1) is 25.4 Å². The number of hydrogen-bond acceptors (Lipinski definition) is 5. The monoisotopic (exact) mass is 804 g/mol. The Morgan fingerprint density at radius 2 is 0.825 bits per heavy atom. The molecule has 0 aromatic heterocycles. The van der Waals surface area contributed by atoms with Crippen LogP contribution in [0.1, 0.15) is 264 Å². The topological polar surface area (TPSA) is 95.9 Å². The number of ether oxygens (including phenoxy) is 1. The van der Waals surface area contributed by atoms with Gasteiger partial charge in [0.2, 0.25) is 5.91 Å². The lowest BCUT2D eigenvalue weighted by molar-refractivity contribution is -0.143. The first-order valence-corrected chi connectivity index (χ1v) is 25.1. The van der Waals surface area contributed by atoms with Crippen LogP contribution in [-0.2, 0) is 14.3 Å². The lowest BCUT2D eigenvalue weighted by atomic mass is 10.0. The van der Waals surface area contributed by atoms with Crippen LogP contribution in [-0.4, -0.2) is 47.4 Å². The second-order valence-corrected chi connectivity index (χ2v) is 17.1. The zero-order valence-electron chi connectivity index (χ0n) is 38.1. The first-order valence-electron chi connectivity index (χ1n) is 25.1. The molecule has 1 amide bonds. The number of hydrogen-bond donors (Lipinski definition) is 3. The maximum Gasteiger partial charge on any atom is 0.305 e. The van der Waals surface area contributed by atoms with E-state index in [0.29, 0.717) is 25.9 Å². The minimum atomic E-state index is -0.680. The predicted molar refractivity (Wildman–Crippen MR) is 246 cm³/mol. The minimum absolute atomic E-state index is 0.0205. The molecule has 57 heavy (non-hydrogen) atoms. The Hall–Kier alpha value is -1.66. The number of carbonyl (C=O) groups excluding carboxylic acids is 2. The largest absolute Gasteiger partial charge is 0.466 e. The number of carbonyl (C=O) groups is 2. The van der Waals surface area contributed by atoms with E-state index >= 15 is 0 Å². The summed E-state index contributed by atoms with van der Waals surface area (Å²) in [6.07, 6.45) is 54.3. The van der Waals surface area contributed by atoms with Crippen LogP contribution in [0.2, 0.25) is 0 Å². The Labute approximate surface area is 354 Å². The van der Waals surface area contributed by atoms with Crippen molar-refractivity contribution >= 4 is 11.9 Å². The van der Waals surface area contributed by atoms with Crippen molar-refractivity contribution in [2.24, 2.45) is 0 Å². The number of unbranched alkanes of at least 4 members (excludes halogenated alkanes) is 31. The molecule has 0 aliphatic heterocycles. The van der Waals surface area contributed by atoms with Gasteiger partial charge in [0, 0.05) is 12.8 Å². The molecule has 0 saturated carbocycles. The summed E-state index contributed by atoms with van der Waals surface area (Å²) in [7, 11) is 0. The second-order valence-electron chi connectivity index (χ2n) is 17.1. The van der Waals surface area contributed by atoms with E-state index < -0.39 is 12.1 Å². The van der Waals surface area contributed by atoms with E-state index in [-0.39, 0.29) is 18.5 Å². The SMILES string of the molecule is CCCCCCCCC/C=C\CCCCCCCC(=O)OCCCCCCCC/C=C\CCCCCC(=O)NC(CO)C(O)CCCCCCCCCCCCC. The molecule has 0 bridgehead atoms. The lowest BCUT2D eigenvalue weighted by Crippen LogP contribution is -2.45. The molecule has 0 aromatic rings. The van der Waals surface area contributed by atoms with Gasteiger partial charge in [-0.05, 0) is 77.0 Å². The molecule has 0 aliphatic carbocycles. The molecule has 0 aromatic carbocycles. The van der Waals surface area contributed by atoms with Crippen LogP contribution in [0, 0.1) is 0 Å². The molecule has 0 spiro atoms. The Kier molecular flexibility index (Phi) is 45.7. The summed E-state index contributed by atoms with van der Waals surface area (Å²) in [5, 5.41) is 23.1. The number of rotatable bonds is 46. The van der Waals surface area contributed by atoms with Gasteiger partial charge in [0.15, 0.2) is 0 Å². The summed E-state index contributed by atoms with van der Waals surface area (Å²) >= 11 is 0. The third kappa shape index (κ3) is 43.7. The highest BCUT2D eigenvalue weighted by Gasteiger charge is 2.20. The molecule has 3 N–H and O–H groups in total. The van der Waals surface area contributed by atoms with Crippen molar-refractivity contribution in [3.63, 3.8) is 0 Å². The Morgan fingerprint density at radius 1 is 0.474 bits per heavy atom. The molecule has 6 heteroatoms. The van der Waals surface area contributed by atoms with Crippen molar-refractivity contribution in [3.05, 3.63) is 24.3 Å². The summed E-state index contributed by atoms with van der Waals surface area (Å²) in [5.74, 6) is -0.0873. The van der Waals surface area contributed by atoms with E-state index in [1.807, 2.05) is 0 Å². The first-order chi connectivity index (χ1) is 28.0. The molecular weight excluding hydrogens is 707 g/mol. The molecule has 336 valence electrons. The average Bonchev–Trinajstić information content (AvgIpc) is 3.21. The molecular formula is C51H97NO5. The predicted octanol–water partition coefficient (Wildman–Crippen LogP) is 14.7. The molecule has 2 atom stereocenters. The fourth-order valence-electron chi connectivity index (χ4n) is 7.57. The Morgan fingerprint density at radius 3 is 1.26 bits per heavy atom. The standard InChI is InChI=1S/C51H97NO5/c1-3-5-7-9-11-13-15-16-17-18-21-25-29-33-37-41-45-51(56)57-46-42-38-34-30-26-22-19-20-24-28-32-36-40-44-50(55)52-48(47-53)49(54)43-39-35-31-27-23-14-12-10-8-6-4-2/h17-18,20,24,48-49,53-54H,3-16,19,21-23,25-47H2,1-2H3,(H,52,55)/b18-17-,24-20-. The van der Waals surface area contributed by atoms with Gasteiger partial charge in [0.25, 0.3) is 0 Å². The van der Waals surface area contributed by atoms with E-state index in [9.17, 15) is 19.8 Å². The molecule has 0 aliphatic rings. The average molecular weight is 804 g/mol. The molecule has 2 unspecified atom stereocenters. The van der Waals surface area contributed by atoms with E-state index in [4.69, 9.17) is 4.74 Å². The van der Waals surface area contributed by atoms with E-state index in [0.717, 1.165) is 70.6 Å². The highest BCUT2D eigenvalue weighted by Crippen LogP contribution is 2.15. The zero-order valence-corrected chi connectivity index (χ0v) is 38.1. The molecule has 0 radical (unpaired) electrons. The van der Waals surface area contributed by atoms with Crippen molar-refractivity contribution in [3.8, 4) is 0 Å². The molecule has 0 heterocycles. The Bertz CT molecular complexity index is 889. The molecule has 0 fully saturated rings. The van der Waals surface area contributed by atoms with Gasteiger partial charge in [-0.1, -0.05) is 199 Å². The number of esters is 1. The summed E-state index contributed by atoms with van der Waals surface area (Å²) in [4.78, 5) is 24.4. The van der Waals surface area contributed by atoms with Gasteiger partial charge in [-0.3, -0.25) is 9.59 Å². The number of aliphatic hydroxyl groups excluding tert-OH is 2. The first kappa shape index (κ1) is 55.3. The summed E-state index contributed by atoms with van der Waals surface area (Å²) in [6, 6.07) is -0.560. The number of amides is 1. The third-order valence-corrected chi connectivity index (χ3v) is 11.5. The number of nitrogens with one attached hydrogen (secondary N) is 1. The lowest BCUT2D eigenvalue weighted by Gasteiger charge is -2.22. The summed E-state index contributed by atoms with van der Waals surface area (Å²) in [5.41, 5.74) is 0. The normalized spacial score (nSPS) is 12.8. The fourth-order valence-corrected chi connectivity index (χ4v) is 7.57. The summed E-state index contributed by atoms with van der Waals surface area (Å²) in [6.45, 7) is 4.89. The molecule has 0 rings (SSSR count).